The molecule has 0 saturated carbocycles. The van der Waals surface area contributed by atoms with Crippen molar-refractivity contribution in [1.29, 1.82) is 5.26 Å². The number of para-hydroxylation sites is 1. The maximum Gasteiger partial charge on any atom is 0.459 e. The van der Waals surface area contributed by atoms with Gasteiger partial charge in [0.05, 0.1) is 18.9 Å². The largest absolute Gasteiger partial charge is 0.464 e. The van der Waals surface area contributed by atoms with E-state index in [9.17, 15) is 14.6 Å². The van der Waals surface area contributed by atoms with Crippen LogP contribution in [0.3, 0.4) is 0 Å². The highest BCUT2D eigenvalue weighted by Gasteiger charge is 2.65. The summed E-state index contributed by atoms with van der Waals surface area (Å²) in [6, 6.07) is 13.0. The summed E-state index contributed by atoms with van der Waals surface area (Å²) in [7, 11) is -4.24. The number of carbonyl (C=O) groups excluding carboxylic acids is 1. The number of rotatable bonds is 13. The molecular weight excluding hydrogens is 603 g/mol. The van der Waals surface area contributed by atoms with E-state index in [2.05, 4.69) is 21.2 Å². The molecule has 0 amide bonds. The molecule has 14 nitrogen and oxygen atoms in total. The number of aromatic nitrogens is 3. The van der Waals surface area contributed by atoms with E-state index in [1.807, 2.05) is 13.8 Å². The SMILES string of the molecule is CCC(CC)COC(=O)[C@H](C)N[P@](=O)(OC[C@H]1O[C@@](C#N)(c2ccc3c(N)ncnn23)C2OC(C)(C)O[C@H]21)Oc1ccccc1. The molecule has 6 atom stereocenters. The number of fused-ring (bicyclic) bond motifs is 2. The topological polar surface area (TPSA) is 182 Å². The van der Waals surface area contributed by atoms with Gasteiger partial charge in [-0.15, -0.1) is 0 Å². The number of esters is 1. The summed E-state index contributed by atoms with van der Waals surface area (Å²) in [6.45, 7) is 8.91. The Morgan fingerprint density at radius 2 is 1.91 bits per heavy atom. The number of nitrogens with zero attached hydrogens (tertiary/aromatic N) is 4. The van der Waals surface area contributed by atoms with Crippen LogP contribution in [0.4, 0.5) is 5.82 Å². The predicted molar refractivity (Wildman–Crippen MR) is 162 cm³/mol. The molecule has 1 unspecified atom stereocenters. The summed E-state index contributed by atoms with van der Waals surface area (Å²) in [6.07, 6.45) is 0.325. The maximum absolute atomic E-state index is 14.2. The summed E-state index contributed by atoms with van der Waals surface area (Å²) < 4.78 is 51.7. The average Bonchev–Trinajstić information content (AvgIpc) is 3.68. The van der Waals surface area contributed by atoms with E-state index in [0.717, 1.165) is 12.8 Å². The van der Waals surface area contributed by atoms with E-state index in [0.29, 0.717) is 11.2 Å². The van der Waals surface area contributed by atoms with Crippen molar-refractivity contribution in [3.05, 3.63) is 54.5 Å². The van der Waals surface area contributed by atoms with Gasteiger partial charge < -0.3 is 29.2 Å². The average molecular weight is 643 g/mol. The van der Waals surface area contributed by atoms with E-state index in [1.165, 1.54) is 17.8 Å². The van der Waals surface area contributed by atoms with Gasteiger partial charge in [-0.1, -0.05) is 44.9 Å². The summed E-state index contributed by atoms with van der Waals surface area (Å²) >= 11 is 0. The molecule has 0 radical (unpaired) electrons. The van der Waals surface area contributed by atoms with Crippen LogP contribution in [-0.2, 0) is 38.4 Å². The number of anilines is 1. The van der Waals surface area contributed by atoms with Gasteiger partial charge in [-0.05, 0) is 51.0 Å². The number of benzene rings is 1. The van der Waals surface area contributed by atoms with Crippen molar-refractivity contribution in [1.82, 2.24) is 19.7 Å². The summed E-state index contributed by atoms with van der Waals surface area (Å²) in [4.78, 5) is 16.9. The molecule has 0 aliphatic carbocycles. The zero-order valence-electron chi connectivity index (χ0n) is 25.9. The lowest BCUT2D eigenvalue weighted by atomic mass is 9.92. The van der Waals surface area contributed by atoms with E-state index >= 15 is 0 Å². The molecule has 1 aromatic carbocycles. The van der Waals surface area contributed by atoms with Crippen LogP contribution in [0.2, 0.25) is 0 Å². The third kappa shape index (κ3) is 6.70. The highest BCUT2D eigenvalue weighted by atomic mass is 31.2. The zero-order chi connectivity index (χ0) is 32.4. The van der Waals surface area contributed by atoms with E-state index in [-0.39, 0.29) is 30.7 Å². The van der Waals surface area contributed by atoms with Crippen LogP contribution in [-0.4, -0.2) is 63.9 Å². The second-order valence-electron chi connectivity index (χ2n) is 11.5. The monoisotopic (exact) mass is 642 g/mol. The fourth-order valence-corrected chi connectivity index (χ4v) is 6.99. The first-order valence-electron chi connectivity index (χ1n) is 14.9. The Morgan fingerprint density at radius 3 is 2.60 bits per heavy atom. The Balaban J connectivity index is 1.40. The summed E-state index contributed by atoms with van der Waals surface area (Å²) in [5.74, 6) is -0.980. The minimum atomic E-state index is -4.24. The Hall–Kier alpha value is -3.57. The van der Waals surface area contributed by atoms with Crippen LogP contribution >= 0.6 is 7.75 Å². The molecule has 2 aliphatic heterocycles. The highest BCUT2D eigenvalue weighted by Crippen LogP contribution is 2.51. The van der Waals surface area contributed by atoms with Gasteiger partial charge in [-0.2, -0.15) is 15.4 Å². The number of nitriles is 1. The van der Waals surface area contributed by atoms with Crippen molar-refractivity contribution < 1.29 is 37.4 Å². The molecule has 2 aromatic heterocycles. The van der Waals surface area contributed by atoms with Crippen molar-refractivity contribution in [2.45, 2.75) is 83.2 Å². The molecule has 3 aromatic rings. The van der Waals surface area contributed by atoms with Gasteiger partial charge >= 0.3 is 13.7 Å². The van der Waals surface area contributed by atoms with E-state index < -0.39 is 49.5 Å². The summed E-state index contributed by atoms with van der Waals surface area (Å²) in [5, 5.41) is 17.6. The van der Waals surface area contributed by atoms with Crippen LogP contribution in [0.1, 0.15) is 53.2 Å². The minimum absolute atomic E-state index is 0.219. The van der Waals surface area contributed by atoms with Crippen molar-refractivity contribution in [2.24, 2.45) is 5.92 Å². The fraction of sp³-hybridized carbons (Fsp3) is 0.533. The van der Waals surface area contributed by atoms with Crippen LogP contribution in [0.25, 0.3) is 5.52 Å². The first-order valence-corrected chi connectivity index (χ1v) is 16.5. The lowest BCUT2D eigenvalue weighted by Crippen LogP contribution is -2.40. The smallest absolute Gasteiger partial charge is 0.459 e. The fourth-order valence-electron chi connectivity index (χ4n) is 5.49. The molecule has 4 heterocycles. The Morgan fingerprint density at radius 1 is 1.18 bits per heavy atom. The Bertz CT molecular complexity index is 1590. The number of ether oxygens (including phenoxy) is 4. The van der Waals surface area contributed by atoms with Crippen molar-refractivity contribution >= 4 is 25.1 Å². The van der Waals surface area contributed by atoms with Gasteiger partial charge in [0, 0.05) is 0 Å². The second-order valence-corrected chi connectivity index (χ2v) is 13.2. The molecule has 0 bridgehead atoms. The molecule has 3 N–H and O–H groups in total. The van der Waals surface area contributed by atoms with Crippen molar-refractivity contribution in [3.8, 4) is 11.8 Å². The lowest BCUT2D eigenvalue weighted by Gasteiger charge is -2.29. The number of nitrogens with one attached hydrogen (secondary N) is 1. The predicted octanol–water partition coefficient (Wildman–Crippen LogP) is 4.11. The van der Waals surface area contributed by atoms with E-state index in [1.54, 1.807) is 56.3 Å². The summed E-state index contributed by atoms with van der Waals surface area (Å²) in [5.41, 5.74) is 5.17. The molecule has 2 aliphatic rings. The number of nitrogen functional groups attached to an aromatic ring is 1. The highest BCUT2D eigenvalue weighted by molar-refractivity contribution is 7.52. The molecule has 2 saturated heterocycles. The Labute approximate surface area is 261 Å². The first kappa shape index (κ1) is 32.8. The quantitative estimate of drug-likeness (QED) is 0.201. The maximum atomic E-state index is 14.2. The molecule has 242 valence electrons. The zero-order valence-corrected chi connectivity index (χ0v) is 26.8. The number of hydrogen-bond donors (Lipinski definition) is 2. The molecule has 45 heavy (non-hydrogen) atoms. The van der Waals surface area contributed by atoms with Gasteiger partial charge in [0.1, 0.15) is 48.0 Å². The number of carbonyl (C=O) groups is 1. The minimum Gasteiger partial charge on any atom is -0.464 e. The first-order chi connectivity index (χ1) is 21.4. The van der Waals surface area contributed by atoms with Crippen LogP contribution < -0.4 is 15.3 Å². The normalized spacial score (nSPS) is 25.8. The lowest BCUT2D eigenvalue weighted by molar-refractivity contribution is -0.204. The number of nitrogens with two attached hydrogens (primary N) is 1. The molecule has 0 spiro atoms. The van der Waals surface area contributed by atoms with Gasteiger partial charge in [-0.3, -0.25) is 9.32 Å². The van der Waals surface area contributed by atoms with Gasteiger partial charge in [0.25, 0.3) is 0 Å². The molecule has 5 rings (SSSR count). The van der Waals surface area contributed by atoms with Gasteiger partial charge in [0.2, 0.25) is 5.60 Å². The van der Waals surface area contributed by atoms with Gasteiger partial charge in [-0.25, -0.2) is 14.1 Å². The van der Waals surface area contributed by atoms with Crippen LogP contribution in [0.15, 0.2) is 48.8 Å². The molecule has 2 fully saturated rings. The Kier molecular flexibility index (Phi) is 9.51. The molecular formula is C30H39N6O8P. The van der Waals surface area contributed by atoms with Crippen LogP contribution in [0.5, 0.6) is 5.75 Å². The third-order valence-electron chi connectivity index (χ3n) is 7.96. The van der Waals surface area contributed by atoms with Crippen LogP contribution in [0, 0.1) is 17.2 Å². The van der Waals surface area contributed by atoms with Crippen molar-refractivity contribution in [3.63, 3.8) is 0 Å². The third-order valence-corrected chi connectivity index (χ3v) is 9.60. The number of hydrogen-bond acceptors (Lipinski definition) is 12. The van der Waals surface area contributed by atoms with Crippen molar-refractivity contribution in [2.75, 3.05) is 18.9 Å². The molecule has 15 heteroatoms. The van der Waals surface area contributed by atoms with Gasteiger partial charge in [0.15, 0.2) is 11.6 Å². The second kappa shape index (κ2) is 13.0. The van der Waals surface area contributed by atoms with E-state index in [4.69, 9.17) is 33.7 Å². The standard InChI is InChI=1S/C30H39N6O8P/c1-6-20(7-2)15-39-28(37)19(3)35-45(38,44-21-11-9-8-10-12-21)40-16-23-25-26(43-29(4,5)42-25)30(17-31,41-23)24-14-13-22-27(32)33-18-34-36(22)24/h8-14,18-20,23,25-26H,6-7,15-16H2,1-5H3,(H,35,38)(H2,32,33,34)/t19-,23+,25-,26?,30-,45-/m0/s1.